The van der Waals surface area contributed by atoms with Crippen LogP contribution in [0.2, 0.25) is 0 Å². The first-order valence-electron chi connectivity index (χ1n) is 7.73. The highest BCUT2D eigenvalue weighted by atomic mass is 32.1. The average molecular weight is 280 g/mol. The smallest absolute Gasteiger partial charge is 0.0887 e. The van der Waals surface area contributed by atoms with Crippen LogP contribution < -0.4 is 0 Å². The van der Waals surface area contributed by atoms with E-state index < -0.39 is 0 Å². The van der Waals surface area contributed by atoms with Crippen molar-refractivity contribution in [3.8, 4) is 0 Å². The minimum Gasteiger partial charge on any atom is -0.368 e. The summed E-state index contributed by atoms with van der Waals surface area (Å²) in [7, 11) is 0. The number of hydrogen-bond donors (Lipinski definition) is 0. The van der Waals surface area contributed by atoms with Gasteiger partial charge in [0.05, 0.1) is 11.7 Å². The second-order valence-corrected chi connectivity index (χ2v) is 7.34. The summed E-state index contributed by atoms with van der Waals surface area (Å²) in [6.07, 6.45) is 6.94. The van der Waals surface area contributed by atoms with Crippen LogP contribution in [0.25, 0.3) is 0 Å². The van der Waals surface area contributed by atoms with Crippen LogP contribution in [-0.2, 0) is 10.3 Å². The normalized spacial score (nSPS) is 26.3. The maximum absolute atomic E-state index is 6.39. The molecule has 2 heteroatoms. The van der Waals surface area contributed by atoms with Crippen LogP contribution >= 0.6 is 11.3 Å². The molecule has 19 heavy (non-hydrogen) atoms. The topological polar surface area (TPSA) is 9.23 Å². The van der Waals surface area contributed by atoms with Crippen LogP contribution in [0.1, 0.15) is 65.4 Å². The Morgan fingerprint density at radius 2 is 2.00 bits per heavy atom. The van der Waals surface area contributed by atoms with Crippen LogP contribution in [0.15, 0.2) is 16.8 Å². The second kappa shape index (κ2) is 6.41. The third-order valence-electron chi connectivity index (χ3n) is 4.85. The van der Waals surface area contributed by atoms with E-state index in [0.29, 0.717) is 6.10 Å². The van der Waals surface area contributed by atoms with E-state index in [1.54, 1.807) is 11.3 Å². The van der Waals surface area contributed by atoms with Gasteiger partial charge < -0.3 is 4.74 Å². The van der Waals surface area contributed by atoms with Crippen LogP contribution in [0, 0.1) is 11.8 Å². The minimum atomic E-state index is -0.131. The molecule has 0 spiro atoms. The fourth-order valence-electron chi connectivity index (χ4n) is 3.20. The van der Waals surface area contributed by atoms with E-state index in [4.69, 9.17) is 4.74 Å². The Labute approximate surface area is 122 Å². The molecule has 0 saturated heterocycles. The van der Waals surface area contributed by atoms with Gasteiger partial charge in [-0.05, 0) is 73.8 Å². The molecule has 1 aliphatic carbocycles. The molecule has 1 unspecified atom stereocenters. The summed E-state index contributed by atoms with van der Waals surface area (Å²) in [6, 6.07) is 2.19. The van der Waals surface area contributed by atoms with E-state index >= 15 is 0 Å². The van der Waals surface area contributed by atoms with Crippen molar-refractivity contribution in [2.45, 2.75) is 71.5 Å². The van der Waals surface area contributed by atoms with Crippen molar-refractivity contribution in [1.29, 1.82) is 0 Å². The fraction of sp³-hybridized carbons (Fsp3) is 0.765. The first-order valence-corrected chi connectivity index (χ1v) is 8.67. The Bertz CT molecular complexity index is 361. The van der Waals surface area contributed by atoms with Gasteiger partial charge in [0.1, 0.15) is 0 Å². The molecule has 1 saturated carbocycles. The first-order chi connectivity index (χ1) is 9.03. The van der Waals surface area contributed by atoms with Crippen molar-refractivity contribution in [3.05, 3.63) is 22.4 Å². The Kier molecular flexibility index (Phi) is 5.08. The molecule has 0 aliphatic heterocycles. The predicted molar refractivity (Wildman–Crippen MR) is 83.6 cm³/mol. The molecular formula is C17H28OS. The van der Waals surface area contributed by atoms with E-state index in [0.717, 1.165) is 11.8 Å². The lowest BCUT2D eigenvalue weighted by molar-refractivity contribution is -0.0953. The van der Waals surface area contributed by atoms with Gasteiger partial charge in [-0.15, -0.1) is 0 Å². The first kappa shape index (κ1) is 15.1. The van der Waals surface area contributed by atoms with Crippen molar-refractivity contribution >= 4 is 11.3 Å². The summed E-state index contributed by atoms with van der Waals surface area (Å²) >= 11 is 1.76. The van der Waals surface area contributed by atoms with Crippen molar-refractivity contribution in [2.24, 2.45) is 11.8 Å². The highest BCUT2D eigenvalue weighted by Gasteiger charge is 2.30. The van der Waals surface area contributed by atoms with Gasteiger partial charge in [-0.1, -0.05) is 20.3 Å². The molecule has 2 rings (SSSR count). The monoisotopic (exact) mass is 280 g/mol. The average Bonchev–Trinajstić information content (AvgIpc) is 2.93. The Hall–Kier alpha value is -0.340. The standard InChI is InChI=1S/C17H28OS/c1-5-13(2)14-6-8-16(9-7-14)18-17(3,4)15-10-11-19-12-15/h10-14,16H,5-9H2,1-4H3. The molecule has 0 amide bonds. The van der Waals surface area contributed by atoms with Gasteiger partial charge in [0, 0.05) is 0 Å². The van der Waals surface area contributed by atoms with E-state index in [-0.39, 0.29) is 5.60 Å². The molecule has 1 aromatic heterocycles. The summed E-state index contributed by atoms with van der Waals surface area (Å²) < 4.78 is 6.39. The van der Waals surface area contributed by atoms with Crippen LogP contribution in [-0.4, -0.2) is 6.10 Å². The van der Waals surface area contributed by atoms with Crippen molar-refractivity contribution in [1.82, 2.24) is 0 Å². The molecular weight excluding hydrogens is 252 g/mol. The Morgan fingerprint density at radius 1 is 1.32 bits per heavy atom. The number of thiophene rings is 1. The molecule has 1 atom stereocenters. The lowest BCUT2D eigenvalue weighted by Crippen LogP contribution is -2.32. The fourth-order valence-corrected chi connectivity index (χ4v) is 4.01. The SMILES string of the molecule is CCC(C)C1CCC(OC(C)(C)c2ccsc2)CC1. The largest absolute Gasteiger partial charge is 0.368 e. The summed E-state index contributed by atoms with van der Waals surface area (Å²) in [4.78, 5) is 0. The summed E-state index contributed by atoms with van der Waals surface area (Å²) in [5, 5.41) is 4.35. The van der Waals surface area contributed by atoms with Gasteiger partial charge in [-0.2, -0.15) is 11.3 Å². The molecule has 1 fully saturated rings. The molecule has 1 heterocycles. The molecule has 108 valence electrons. The van der Waals surface area contributed by atoms with Gasteiger partial charge in [-0.3, -0.25) is 0 Å². The van der Waals surface area contributed by atoms with Gasteiger partial charge in [0.2, 0.25) is 0 Å². The van der Waals surface area contributed by atoms with E-state index in [1.807, 2.05) is 0 Å². The van der Waals surface area contributed by atoms with Crippen molar-refractivity contribution in [3.63, 3.8) is 0 Å². The number of ether oxygens (including phenoxy) is 1. The third-order valence-corrected chi connectivity index (χ3v) is 5.53. The molecule has 1 aliphatic rings. The number of rotatable bonds is 5. The van der Waals surface area contributed by atoms with Gasteiger partial charge >= 0.3 is 0 Å². The van der Waals surface area contributed by atoms with E-state index in [1.165, 1.54) is 37.7 Å². The van der Waals surface area contributed by atoms with Gasteiger partial charge in [0.15, 0.2) is 0 Å². The third kappa shape index (κ3) is 3.82. The Morgan fingerprint density at radius 3 is 2.53 bits per heavy atom. The predicted octanol–water partition coefficient (Wildman–Crippen LogP) is 5.60. The molecule has 1 nitrogen and oxygen atoms in total. The summed E-state index contributed by atoms with van der Waals surface area (Å²) in [6.45, 7) is 9.12. The highest BCUT2D eigenvalue weighted by molar-refractivity contribution is 7.08. The molecule has 0 N–H and O–H groups in total. The zero-order chi connectivity index (χ0) is 13.9. The molecule has 1 aromatic rings. The molecule has 0 bridgehead atoms. The zero-order valence-corrected chi connectivity index (χ0v) is 13.6. The van der Waals surface area contributed by atoms with Crippen LogP contribution in [0.4, 0.5) is 0 Å². The highest BCUT2D eigenvalue weighted by Crippen LogP contribution is 2.36. The lowest BCUT2D eigenvalue weighted by Gasteiger charge is -2.36. The quantitative estimate of drug-likeness (QED) is 0.681. The lowest BCUT2D eigenvalue weighted by atomic mass is 9.78. The minimum absolute atomic E-state index is 0.131. The van der Waals surface area contributed by atoms with Crippen molar-refractivity contribution in [2.75, 3.05) is 0 Å². The summed E-state index contributed by atoms with van der Waals surface area (Å²) in [5.74, 6) is 1.81. The van der Waals surface area contributed by atoms with Crippen LogP contribution in [0.5, 0.6) is 0 Å². The maximum atomic E-state index is 6.39. The molecule has 0 radical (unpaired) electrons. The zero-order valence-electron chi connectivity index (χ0n) is 12.8. The second-order valence-electron chi connectivity index (χ2n) is 6.56. The number of hydrogen-bond acceptors (Lipinski definition) is 2. The van der Waals surface area contributed by atoms with Gasteiger partial charge in [-0.25, -0.2) is 0 Å². The van der Waals surface area contributed by atoms with Gasteiger partial charge in [0.25, 0.3) is 0 Å². The Balaban J connectivity index is 1.86. The van der Waals surface area contributed by atoms with Crippen LogP contribution in [0.3, 0.4) is 0 Å². The summed E-state index contributed by atoms with van der Waals surface area (Å²) in [5.41, 5.74) is 1.19. The maximum Gasteiger partial charge on any atom is 0.0887 e. The molecule has 0 aromatic carbocycles. The van der Waals surface area contributed by atoms with E-state index in [9.17, 15) is 0 Å². The van der Waals surface area contributed by atoms with E-state index in [2.05, 4.69) is 44.5 Å². The van der Waals surface area contributed by atoms with Crippen molar-refractivity contribution < 1.29 is 4.74 Å².